The van der Waals surface area contributed by atoms with Crippen molar-refractivity contribution in [2.45, 2.75) is 25.3 Å². The summed E-state index contributed by atoms with van der Waals surface area (Å²) in [6.07, 6.45) is 6.24. The smallest absolute Gasteiger partial charge is 0.225 e. The van der Waals surface area contributed by atoms with Crippen LogP contribution in [0.5, 0.6) is 0 Å². The van der Waals surface area contributed by atoms with E-state index in [1.807, 2.05) is 24.4 Å². The quantitative estimate of drug-likeness (QED) is 0.882. The average molecular weight is 341 g/mol. The molecule has 1 unspecified atom stereocenters. The van der Waals surface area contributed by atoms with Crippen LogP contribution in [0.25, 0.3) is 11.4 Å². The minimum atomic E-state index is 0.0928. The Labute approximate surface area is 146 Å². The van der Waals surface area contributed by atoms with Gasteiger partial charge in [-0.3, -0.25) is 4.79 Å². The maximum Gasteiger partial charge on any atom is 0.225 e. The predicted molar refractivity (Wildman–Crippen MR) is 94.1 cm³/mol. The van der Waals surface area contributed by atoms with Crippen molar-refractivity contribution in [3.63, 3.8) is 0 Å². The highest BCUT2D eigenvalue weighted by Gasteiger charge is 2.29. The molecular weight excluding hydrogens is 318 g/mol. The Morgan fingerprint density at radius 3 is 2.96 bits per heavy atom. The molecule has 0 bridgehead atoms. The number of carbonyl (C=O) groups is 1. The summed E-state index contributed by atoms with van der Waals surface area (Å²) < 4.78 is 5.33. The standard InChI is InChI=1S/C18H23N5O2/c24-17(13-5-10-25-11-6-13)21-14-4-9-23(12-14)18-20-8-3-16(22-18)15-2-1-7-19-15/h1-3,7-8,13-14,19H,4-6,9-12H2,(H,21,24). The van der Waals surface area contributed by atoms with Crippen molar-refractivity contribution < 1.29 is 9.53 Å². The van der Waals surface area contributed by atoms with Gasteiger partial charge in [0.1, 0.15) is 0 Å². The van der Waals surface area contributed by atoms with E-state index in [2.05, 4.69) is 25.2 Å². The van der Waals surface area contributed by atoms with Gasteiger partial charge in [0.15, 0.2) is 0 Å². The van der Waals surface area contributed by atoms with Crippen molar-refractivity contribution in [3.8, 4) is 11.4 Å². The summed E-state index contributed by atoms with van der Waals surface area (Å²) in [5.41, 5.74) is 1.86. The summed E-state index contributed by atoms with van der Waals surface area (Å²) in [5.74, 6) is 0.973. The fraction of sp³-hybridized carbons (Fsp3) is 0.500. The first-order chi connectivity index (χ1) is 12.3. The van der Waals surface area contributed by atoms with Crippen molar-refractivity contribution in [3.05, 3.63) is 30.6 Å². The number of amides is 1. The number of aromatic amines is 1. The van der Waals surface area contributed by atoms with Crippen LogP contribution in [0.1, 0.15) is 19.3 Å². The van der Waals surface area contributed by atoms with E-state index in [-0.39, 0.29) is 17.9 Å². The lowest BCUT2D eigenvalue weighted by molar-refractivity contribution is -0.128. The second kappa shape index (κ2) is 7.23. The summed E-state index contributed by atoms with van der Waals surface area (Å²) in [6.45, 7) is 2.98. The molecule has 1 amide bonds. The van der Waals surface area contributed by atoms with Crippen LogP contribution in [-0.2, 0) is 9.53 Å². The van der Waals surface area contributed by atoms with Crippen molar-refractivity contribution in [2.75, 3.05) is 31.2 Å². The molecule has 0 radical (unpaired) electrons. The van der Waals surface area contributed by atoms with Crippen LogP contribution in [0, 0.1) is 5.92 Å². The Hall–Kier alpha value is -2.41. The van der Waals surface area contributed by atoms with E-state index >= 15 is 0 Å². The molecule has 132 valence electrons. The van der Waals surface area contributed by atoms with E-state index in [0.717, 1.165) is 49.7 Å². The van der Waals surface area contributed by atoms with Gasteiger partial charge < -0.3 is 19.9 Å². The van der Waals surface area contributed by atoms with Crippen LogP contribution in [0.15, 0.2) is 30.6 Å². The van der Waals surface area contributed by atoms with Crippen LogP contribution in [-0.4, -0.2) is 53.2 Å². The molecule has 7 nitrogen and oxygen atoms in total. The number of hydrogen-bond donors (Lipinski definition) is 2. The Morgan fingerprint density at radius 2 is 2.16 bits per heavy atom. The van der Waals surface area contributed by atoms with Crippen LogP contribution in [0.3, 0.4) is 0 Å². The van der Waals surface area contributed by atoms with Crippen LogP contribution >= 0.6 is 0 Å². The monoisotopic (exact) mass is 341 g/mol. The molecule has 25 heavy (non-hydrogen) atoms. The Morgan fingerprint density at radius 1 is 1.28 bits per heavy atom. The largest absolute Gasteiger partial charge is 0.381 e. The molecule has 0 spiro atoms. The Kier molecular flexibility index (Phi) is 4.65. The number of anilines is 1. The summed E-state index contributed by atoms with van der Waals surface area (Å²) in [6, 6.07) is 6.01. The van der Waals surface area contributed by atoms with E-state index in [4.69, 9.17) is 4.74 Å². The van der Waals surface area contributed by atoms with Crippen molar-refractivity contribution in [1.29, 1.82) is 0 Å². The van der Waals surface area contributed by atoms with Gasteiger partial charge in [-0.1, -0.05) is 0 Å². The van der Waals surface area contributed by atoms with E-state index in [1.165, 1.54) is 0 Å². The Balaban J connectivity index is 1.37. The minimum Gasteiger partial charge on any atom is -0.381 e. The number of carbonyl (C=O) groups excluding carboxylic acids is 1. The van der Waals surface area contributed by atoms with Gasteiger partial charge in [-0.25, -0.2) is 9.97 Å². The fourth-order valence-corrected chi connectivity index (χ4v) is 3.48. The second-order valence-electron chi connectivity index (χ2n) is 6.65. The Bertz CT molecular complexity index is 712. The normalized spacial score (nSPS) is 21.4. The highest BCUT2D eigenvalue weighted by atomic mass is 16.5. The summed E-state index contributed by atoms with van der Waals surface area (Å²) >= 11 is 0. The van der Waals surface area contributed by atoms with Crippen molar-refractivity contribution >= 4 is 11.9 Å². The lowest BCUT2D eigenvalue weighted by Crippen LogP contribution is -2.42. The first-order valence-electron chi connectivity index (χ1n) is 8.89. The van der Waals surface area contributed by atoms with Gasteiger partial charge in [-0.2, -0.15) is 0 Å². The first-order valence-corrected chi connectivity index (χ1v) is 8.89. The molecular formula is C18H23N5O2. The van der Waals surface area contributed by atoms with Gasteiger partial charge in [-0.15, -0.1) is 0 Å². The van der Waals surface area contributed by atoms with E-state index in [9.17, 15) is 4.79 Å². The third-order valence-electron chi connectivity index (χ3n) is 4.93. The number of hydrogen-bond acceptors (Lipinski definition) is 5. The third-order valence-corrected chi connectivity index (χ3v) is 4.93. The van der Waals surface area contributed by atoms with Crippen molar-refractivity contribution in [1.82, 2.24) is 20.3 Å². The number of H-pyrrole nitrogens is 1. The van der Waals surface area contributed by atoms with Crippen LogP contribution in [0.2, 0.25) is 0 Å². The molecule has 0 saturated carbocycles. The van der Waals surface area contributed by atoms with E-state index in [0.29, 0.717) is 13.2 Å². The molecule has 0 aliphatic carbocycles. The zero-order valence-corrected chi connectivity index (χ0v) is 14.1. The number of ether oxygens (including phenoxy) is 1. The van der Waals surface area contributed by atoms with Gasteiger partial charge in [0, 0.05) is 50.7 Å². The van der Waals surface area contributed by atoms with Crippen LogP contribution in [0.4, 0.5) is 5.95 Å². The highest BCUT2D eigenvalue weighted by molar-refractivity contribution is 5.79. The predicted octanol–water partition coefficient (Wildman–Crippen LogP) is 1.59. The van der Waals surface area contributed by atoms with Gasteiger partial charge >= 0.3 is 0 Å². The molecule has 2 N–H and O–H groups in total. The zero-order chi connectivity index (χ0) is 17.1. The fourth-order valence-electron chi connectivity index (χ4n) is 3.48. The lowest BCUT2D eigenvalue weighted by atomic mass is 9.99. The molecule has 2 aliphatic rings. The maximum absolute atomic E-state index is 12.4. The van der Waals surface area contributed by atoms with Gasteiger partial charge in [0.25, 0.3) is 0 Å². The topological polar surface area (TPSA) is 83.1 Å². The average Bonchev–Trinajstić information content (AvgIpc) is 3.35. The zero-order valence-electron chi connectivity index (χ0n) is 14.1. The maximum atomic E-state index is 12.4. The molecule has 0 aromatic carbocycles. The molecule has 2 aromatic heterocycles. The summed E-state index contributed by atoms with van der Waals surface area (Å²) in [7, 11) is 0. The molecule has 4 rings (SSSR count). The molecule has 2 saturated heterocycles. The molecule has 1 atom stereocenters. The van der Waals surface area contributed by atoms with Gasteiger partial charge in [0.2, 0.25) is 11.9 Å². The number of nitrogens with one attached hydrogen (secondary N) is 2. The lowest BCUT2D eigenvalue weighted by Gasteiger charge is -2.23. The number of rotatable bonds is 4. The number of nitrogens with zero attached hydrogens (tertiary/aromatic N) is 3. The van der Waals surface area contributed by atoms with Crippen molar-refractivity contribution in [2.24, 2.45) is 5.92 Å². The van der Waals surface area contributed by atoms with Crippen LogP contribution < -0.4 is 10.2 Å². The molecule has 4 heterocycles. The van der Waals surface area contributed by atoms with Gasteiger partial charge in [-0.05, 0) is 37.5 Å². The van der Waals surface area contributed by atoms with E-state index in [1.54, 1.807) is 6.20 Å². The van der Waals surface area contributed by atoms with Gasteiger partial charge in [0.05, 0.1) is 11.4 Å². The minimum absolute atomic E-state index is 0.0928. The third kappa shape index (κ3) is 3.66. The van der Waals surface area contributed by atoms with E-state index < -0.39 is 0 Å². The summed E-state index contributed by atoms with van der Waals surface area (Å²) in [5, 5.41) is 3.19. The molecule has 7 heteroatoms. The first kappa shape index (κ1) is 16.1. The highest BCUT2D eigenvalue weighted by Crippen LogP contribution is 2.21. The molecule has 2 aliphatic heterocycles. The molecule has 2 fully saturated rings. The molecule has 2 aromatic rings. The number of aromatic nitrogens is 3. The SMILES string of the molecule is O=C(NC1CCN(c2nccc(-c3ccc[nH]3)n2)C1)C1CCOCC1. The second-order valence-corrected chi connectivity index (χ2v) is 6.65. The summed E-state index contributed by atoms with van der Waals surface area (Å²) in [4.78, 5) is 26.8.